The molecule has 0 saturated carbocycles. The van der Waals surface area contributed by atoms with Gasteiger partial charge in [-0.1, -0.05) is 35.9 Å². The summed E-state index contributed by atoms with van der Waals surface area (Å²) in [5.41, 5.74) is 1.86. The fourth-order valence-corrected chi connectivity index (χ4v) is 3.94. The Kier molecular flexibility index (Phi) is 8.32. The summed E-state index contributed by atoms with van der Waals surface area (Å²) in [7, 11) is 3.40. The molecule has 0 radical (unpaired) electrons. The number of hydrogen-bond acceptors (Lipinski definition) is 5. The maximum atomic E-state index is 12.5. The van der Waals surface area contributed by atoms with Crippen LogP contribution in [0, 0.1) is 6.92 Å². The fraction of sp³-hybridized carbons (Fsp3) is 0.480. The van der Waals surface area contributed by atoms with E-state index in [9.17, 15) is 4.79 Å². The zero-order valence-electron chi connectivity index (χ0n) is 18.9. The van der Waals surface area contributed by atoms with Crippen molar-refractivity contribution >= 4 is 5.91 Å². The zero-order valence-corrected chi connectivity index (χ0v) is 18.9. The quantitative estimate of drug-likeness (QED) is 0.664. The summed E-state index contributed by atoms with van der Waals surface area (Å²) in [6, 6.07) is 15.8. The number of nitrogens with zero attached hydrogens (tertiary/aromatic N) is 1. The van der Waals surface area contributed by atoms with E-state index in [1.165, 1.54) is 5.56 Å². The lowest BCUT2D eigenvalue weighted by molar-refractivity contribution is -0.122. The number of para-hydroxylation sites is 1. The van der Waals surface area contributed by atoms with E-state index in [2.05, 4.69) is 17.1 Å². The van der Waals surface area contributed by atoms with Crippen LogP contribution in [0.5, 0.6) is 11.5 Å². The zero-order chi connectivity index (χ0) is 22.1. The number of methoxy groups -OCH3 is 2. The largest absolute Gasteiger partial charge is 0.496 e. The van der Waals surface area contributed by atoms with Gasteiger partial charge in [0.2, 0.25) is 5.91 Å². The Morgan fingerprint density at radius 3 is 2.58 bits per heavy atom. The molecule has 0 unspecified atom stereocenters. The van der Waals surface area contributed by atoms with Crippen molar-refractivity contribution in [3.05, 3.63) is 59.7 Å². The molecular weight excluding hydrogens is 392 g/mol. The molecular formula is C25H34N2O4. The first-order valence-corrected chi connectivity index (χ1v) is 10.9. The number of rotatable bonds is 9. The molecule has 1 fully saturated rings. The van der Waals surface area contributed by atoms with E-state index in [0.29, 0.717) is 19.7 Å². The van der Waals surface area contributed by atoms with Gasteiger partial charge in [-0.25, -0.2) is 0 Å². The molecule has 0 bridgehead atoms. The molecule has 1 aliphatic heterocycles. The standard InChI is InChI=1S/C25H34N2O4/c1-20-9-11-22(12-10-20)31-19-25(30-3)13-6-15-27(16-14-25)18-24(28)26-17-21-7-4-5-8-23(21)29-2/h4-5,7-12H,6,13-19H2,1-3H3,(H,26,28)/t25-/m0/s1. The highest BCUT2D eigenvalue weighted by Crippen LogP contribution is 2.27. The summed E-state index contributed by atoms with van der Waals surface area (Å²) in [4.78, 5) is 14.7. The highest BCUT2D eigenvalue weighted by atomic mass is 16.5. The third-order valence-electron chi connectivity index (χ3n) is 5.98. The topological polar surface area (TPSA) is 60.0 Å². The molecule has 1 atom stereocenters. The first kappa shape index (κ1) is 23.1. The van der Waals surface area contributed by atoms with Crippen LogP contribution in [0.25, 0.3) is 0 Å². The van der Waals surface area contributed by atoms with Crippen LogP contribution in [0.15, 0.2) is 48.5 Å². The first-order chi connectivity index (χ1) is 15.0. The second-order valence-electron chi connectivity index (χ2n) is 8.21. The third kappa shape index (κ3) is 6.71. The van der Waals surface area contributed by atoms with E-state index < -0.39 is 0 Å². The molecule has 0 aromatic heterocycles. The van der Waals surface area contributed by atoms with Crippen molar-refractivity contribution in [3.8, 4) is 11.5 Å². The molecule has 0 aliphatic carbocycles. The van der Waals surface area contributed by atoms with E-state index in [-0.39, 0.29) is 11.5 Å². The van der Waals surface area contributed by atoms with Gasteiger partial charge in [0.15, 0.2) is 0 Å². The minimum Gasteiger partial charge on any atom is -0.496 e. The Balaban J connectivity index is 1.48. The maximum Gasteiger partial charge on any atom is 0.234 e. The molecule has 0 spiro atoms. The van der Waals surface area contributed by atoms with Gasteiger partial charge in [0.25, 0.3) is 0 Å². The molecule has 168 valence electrons. The summed E-state index contributed by atoms with van der Waals surface area (Å²) in [5.74, 6) is 1.67. The van der Waals surface area contributed by atoms with Crippen molar-refractivity contribution < 1.29 is 19.0 Å². The van der Waals surface area contributed by atoms with Gasteiger partial charge in [-0.2, -0.15) is 0 Å². The number of hydrogen-bond donors (Lipinski definition) is 1. The highest BCUT2D eigenvalue weighted by molar-refractivity contribution is 5.78. The van der Waals surface area contributed by atoms with Crippen LogP contribution in [0.4, 0.5) is 0 Å². The normalized spacial score (nSPS) is 19.5. The van der Waals surface area contributed by atoms with Crippen molar-refractivity contribution in [2.24, 2.45) is 0 Å². The Labute approximate surface area is 185 Å². The second-order valence-corrected chi connectivity index (χ2v) is 8.21. The molecule has 2 aromatic carbocycles. The predicted octanol–water partition coefficient (Wildman–Crippen LogP) is 3.57. The summed E-state index contributed by atoms with van der Waals surface area (Å²) < 4.78 is 17.3. The number of amides is 1. The number of nitrogens with one attached hydrogen (secondary N) is 1. The van der Waals surface area contributed by atoms with Gasteiger partial charge in [-0.05, 0) is 50.9 Å². The number of likely N-dealkylation sites (tertiary alicyclic amines) is 1. The molecule has 1 aliphatic rings. The molecule has 6 heteroatoms. The SMILES string of the molecule is COc1ccccc1CNC(=O)CN1CCC[C@](COc2ccc(C)cc2)(OC)CC1. The molecule has 1 amide bonds. The highest BCUT2D eigenvalue weighted by Gasteiger charge is 2.34. The minimum absolute atomic E-state index is 0.0201. The Hall–Kier alpha value is -2.57. The second kappa shape index (κ2) is 11.2. The van der Waals surface area contributed by atoms with Gasteiger partial charge in [-0.3, -0.25) is 9.69 Å². The number of aryl methyl sites for hydroxylation is 1. The molecule has 3 rings (SSSR count). The van der Waals surface area contributed by atoms with Crippen LogP contribution < -0.4 is 14.8 Å². The van der Waals surface area contributed by atoms with Crippen molar-refractivity contribution in [1.29, 1.82) is 0 Å². The van der Waals surface area contributed by atoms with Crippen LogP contribution in [0.2, 0.25) is 0 Å². The van der Waals surface area contributed by atoms with Gasteiger partial charge in [0, 0.05) is 25.8 Å². The van der Waals surface area contributed by atoms with Crippen molar-refractivity contribution in [2.45, 2.75) is 38.3 Å². The lowest BCUT2D eigenvalue weighted by Crippen LogP contribution is -2.41. The number of carbonyl (C=O) groups excluding carboxylic acids is 1. The summed E-state index contributed by atoms with van der Waals surface area (Å²) in [6.45, 7) is 5.09. The lowest BCUT2D eigenvalue weighted by Gasteiger charge is -2.31. The van der Waals surface area contributed by atoms with Gasteiger partial charge in [0.05, 0.1) is 13.7 Å². The lowest BCUT2D eigenvalue weighted by atomic mass is 9.95. The number of ether oxygens (including phenoxy) is 3. The average molecular weight is 427 g/mol. The van der Waals surface area contributed by atoms with Gasteiger partial charge in [-0.15, -0.1) is 0 Å². The third-order valence-corrected chi connectivity index (χ3v) is 5.98. The Bertz CT molecular complexity index is 840. The van der Waals surface area contributed by atoms with Crippen LogP contribution in [-0.2, 0) is 16.1 Å². The number of benzene rings is 2. The smallest absolute Gasteiger partial charge is 0.234 e. The van der Waals surface area contributed by atoms with E-state index in [1.54, 1.807) is 14.2 Å². The van der Waals surface area contributed by atoms with Crippen molar-refractivity contribution in [3.63, 3.8) is 0 Å². The van der Waals surface area contributed by atoms with Crippen LogP contribution >= 0.6 is 0 Å². The molecule has 1 saturated heterocycles. The van der Waals surface area contributed by atoms with Crippen LogP contribution in [0.3, 0.4) is 0 Å². The van der Waals surface area contributed by atoms with E-state index in [0.717, 1.165) is 49.4 Å². The molecule has 2 aromatic rings. The fourth-order valence-electron chi connectivity index (χ4n) is 3.94. The molecule has 1 heterocycles. The van der Waals surface area contributed by atoms with Gasteiger partial charge >= 0.3 is 0 Å². The van der Waals surface area contributed by atoms with Gasteiger partial charge < -0.3 is 19.5 Å². The van der Waals surface area contributed by atoms with Crippen molar-refractivity contribution in [1.82, 2.24) is 10.2 Å². The summed E-state index contributed by atoms with van der Waals surface area (Å²) >= 11 is 0. The van der Waals surface area contributed by atoms with Crippen molar-refractivity contribution in [2.75, 3.05) is 40.5 Å². The minimum atomic E-state index is -0.326. The molecule has 6 nitrogen and oxygen atoms in total. The van der Waals surface area contributed by atoms with E-state index in [4.69, 9.17) is 14.2 Å². The Morgan fingerprint density at radius 1 is 1.06 bits per heavy atom. The summed E-state index contributed by atoms with van der Waals surface area (Å²) in [6.07, 6.45) is 2.70. The Morgan fingerprint density at radius 2 is 1.84 bits per heavy atom. The van der Waals surface area contributed by atoms with Crippen LogP contribution in [0.1, 0.15) is 30.4 Å². The first-order valence-electron chi connectivity index (χ1n) is 10.9. The monoisotopic (exact) mass is 426 g/mol. The number of carbonyl (C=O) groups is 1. The maximum absolute atomic E-state index is 12.5. The molecule has 31 heavy (non-hydrogen) atoms. The molecule has 1 N–H and O–H groups in total. The average Bonchev–Trinajstić information content (AvgIpc) is 3.00. The van der Waals surface area contributed by atoms with Crippen LogP contribution in [-0.4, -0.2) is 56.9 Å². The van der Waals surface area contributed by atoms with E-state index in [1.807, 2.05) is 48.5 Å². The predicted molar refractivity (Wildman–Crippen MR) is 122 cm³/mol. The van der Waals surface area contributed by atoms with Gasteiger partial charge in [0.1, 0.15) is 23.7 Å². The summed E-state index contributed by atoms with van der Waals surface area (Å²) in [5, 5.41) is 3.01. The van der Waals surface area contributed by atoms with E-state index >= 15 is 0 Å².